The molecule has 182 valence electrons. The van der Waals surface area contributed by atoms with Gasteiger partial charge in [0.1, 0.15) is 11.5 Å². The van der Waals surface area contributed by atoms with Gasteiger partial charge >= 0.3 is 6.18 Å². The van der Waals surface area contributed by atoms with Gasteiger partial charge in [0.15, 0.2) is 5.43 Å². The maximum Gasteiger partial charge on any atom is 0.433 e. The second kappa shape index (κ2) is 8.44. The summed E-state index contributed by atoms with van der Waals surface area (Å²) in [5.74, 6) is -2.90. The van der Waals surface area contributed by atoms with Gasteiger partial charge in [-0.15, -0.1) is 10.2 Å². The van der Waals surface area contributed by atoms with Crippen molar-refractivity contribution in [1.29, 1.82) is 0 Å². The summed E-state index contributed by atoms with van der Waals surface area (Å²) in [7, 11) is 1.54. The zero-order valence-electron chi connectivity index (χ0n) is 18.7. The minimum atomic E-state index is -4.72. The number of nitrogens with zero attached hydrogens (tertiary/aromatic N) is 6. The topological polar surface area (TPSA) is 92.6 Å². The number of halogens is 5. The Labute approximate surface area is 190 Å². The molecular formula is C21H22F5N7O. The highest BCUT2D eigenvalue weighted by Crippen LogP contribution is 2.38. The Morgan fingerprint density at radius 1 is 1.12 bits per heavy atom. The fraction of sp³-hybridized carbons (Fsp3) is 0.476. The SMILES string of the molecule is Cc1cc(-c2cc(=O)c(-c3nnn(C)n3)c(C)[nH]2)c(N2CCCC(F)(F)CC2)nc1C(F)(F)F. The van der Waals surface area contributed by atoms with Crippen LogP contribution in [0.2, 0.25) is 0 Å². The van der Waals surface area contributed by atoms with Gasteiger partial charge in [0.05, 0.1) is 18.3 Å². The molecule has 0 bridgehead atoms. The van der Waals surface area contributed by atoms with Crippen molar-refractivity contribution in [3.63, 3.8) is 0 Å². The Balaban J connectivity index is 1.87. The third-order valence-corrected chi connectivity index (χ3v) is 5.72. The van der Waals surface area contributed by atoms with Crippen LogP contribution in [-0.4, -0.2) is 49.2 Å². The number of tetrazole rings is 1. The average molecular weight is 483 g/mol. The number of nitrogens with one attached hydrogen (secondary N) is 1. The monoisotopic (exact) mass is 483 g/mol. The predicted molar refractivity (Wildman–Crippen MR) is 114 cm³/mol. The smallest absolute Gasteiger partial charge is 0.358 e. The minimum absolute atomic E-state index is 0.0934. The lowest BCUT2D eigenvalue weighted by Crippen LogP contribution is -2.28. The molecule has 1 aliphatic heterocycles. The molecule has 4 heterocycles. The van der Waals surface area contributed by atoms with Gasteiger partial charge in [-0.1, -0.05) is 0 Å². The van der Waals surface area contributed by atoms with Gasteiger partial charge in [-0.05, 0) is 37.1 Å². The van der Waals surface area contributed by atoms with Crippen molar-refractivity contribution in [1.82, 2.24) is 30.2 Å². The number of aryl methyl sites for hydroxylation is 3. The van der Waals surface area contributed by atoms with E-state index in [1.807, 2.05) is 0 Å². The fourth-order valence-corrected chi connectivity index (χ4v) is 4.10. The lowest BCUT2D eigenvalue weighted by Gasteiger charge is -2.26. The average Bonchev–Trinajstić information content (AvgIpc) is 3.05. The molecule has 1 fully saturated rings. The number of pyridine rings is 2. The number of rotatable bonds is 3. The summed E-state index contributed by atoms with van der Waals surface area (Å²) in [5.41, 5.74) is -0.734. The van der Waals surface area contributed by atoms with Gasteiger partial charge in [0.25, 0.3) is 0 Å². The van der Waals surface area contributed by atoms with Crippen molar-refractivity contribution >= 4 is 5.82 Å². The number of aromatic nitrogens is 6. The molecule has 0 spiro atoms. The number of hydrogen-bond acceptors (Lipinski definition) is 6. The summed E-state index contributed by atoms with van der Waals surface area (Å²) in [6.07, 6.45) is -5.49. The van der Waals surface area contributed by atoms with Gasteiger partial charge in [0.2, 0.25) is 11.7 Å². The maximum absolute atomic E-state index is 13.9. The minimum Gasteiger partial charge on any atom is -0.358 e. The highest BCUT2D eigenvalue weighted by atomic mass is 19.4. The first-order chi connectivity index (χ1) is 15.9. The molecule has 8 nitrogen and oxygen atoms in total. The van der Waals surface area contributed by atoms with E-state index in [2.05, 4.69) is 25.4 Å². The molecule has 3 aromatic heterocycles. The van der Waals surface area contributed by atoms with E-state index in [0.29, 0.717) is 5.69 Å². The van der Waals surface area contributed by atoms with Crippen molar-refractivity contribution in [2.24, 2.45) is 7.05 Å². The Bertz CT molecular complexity index is 1280. The van der Waals surface area contributed by atoms with Gasteiger partial charge in [-0.2, -0.15) is 18.0 Å². The molecule has 0 atom stereocenters. The molecule has 4 rings (SSSR count). The summed E-state index contributed by atoms with van der Waals surface area (Å²) < 4.78 is 68.7. The summed E-state index contributed by atoms with van der Waals surface area (Å²) in [6.45, 7) is 2.81. The Kier molecular flexibility index (Phi) is 5.90. The van der Waals surface area contributed by atoms with E-state index in [-0.39, 0.29) is 60.0 Å². The first kappa shape index (κ1) is 23.8. The summed E-state index contributed by atoms with van der Waals surface area (Å²) in [6, 6.07) is 2.50. The van der Waals surface area contributed by atoms with Crippen molar-refractivity contribution in [3.8, 4) is 22.6 Å². The molecule has 0 amide bonds. The van der Waals surface area contributed by atoms with E-state index in [9.17, 15) is 26.7 Å². The maximum atomic E-state index is 13.9. The van der Waals surface area contributed by atoms with E-state index in [1.54, 1.807) is 14.0 Å². The number of H-pyrrole nitrogens is 1. The molecule has 0 radical (unpaired) electrons. The lowest BCUT2D eigenvalue weighted by molar-refractivity contribution is -0.141. The molecule has 1 aliphatic rings. The summed E-state index contributed by atoms with van der Waals surface area (Å²) in [4.78, 5) is 22.4. The largest absolute Gasteiger partial charge is 0.433 e. The Morgan fingerprint density at radius 3 is 2.47 bits per heavy atom. The molecule has 0 aromatic carbocycles. The zero-order valence-corrected chi connectivity index (χ0v) is 18.7. The molecule has 13 heteroatoms. The first-order valence-corrected chi connectivity index (χ1v) is 10.6. The molecule has 0 saturated carbocycles. The van der Waals surface area contributed by atoms with Crippen LogP contribution in [0, 0.1) is 13.8 Å². The van der Waals surface area contributed by atoms with E-state index in [4.69, 9.17) is 0 Å². The van der Waals surface area contributed by atoms with Crippen molar-refractivity contribution < 1.29 is 22.0 Å². The van der Waals surface area contributed by atoms with E-state index < -0.39 is 29.6 Å². The van der Waals surface area contributed by atoms with Crippen molar-refractivity contribution in [2.75, 3.05) is 18.0 Å². The molecule has 34 heavy (non-hydrogen) atoms. The van der Waals surface area contributed by atoms with Crippen LogP contribution in [0.3, 0.4) is 0 Å². The lowest BCUT2D eigenvalue weighted by atomic mass is 10.0. The van der Waals surface area contributed by atoms with Gasteiger partial charge in [-0.25, -0.2) is 13.8 Å². The van der Waals surface area contributed by atoms with Crippen LogP contribution in [0.25, 0.3) is 22.6 Å². The number of anilines is 1. The Hall–Kier alpha value is -3.38. The first-order valence-electron chi connectivity index (χ1n) is 10.6. The zero-order chi connectivity index (χ0) is 24.8. The standard InChI is InChI=1S/C21H22F5N7O/c1-11-9-13(14-10-15(34)16(12(2)27-14)18-29-31-32(3)30-18)19(28-17(11)21(24,25)26)33-7-4-5-20(22,23)6-8-33/h9-10H,4-8H2,1-3H3,(H,27,34). The number of alkyl halides is 5. The highest BCUT2D eigenvalue weighted by molar-refractivity contribution is 5.76. The second-order valence-corrected chi connectivity index (χ2v) is 8.37. The summed E-state index contributed by atoms with van der Waals surface area (Å²) >= 11 is 0. The second-order valence-electron chi connectivity index (χ2n) is 8.37. The third kappa shape index (κ3) is 4.64. The number of hydrogen-bond donors (Lipinski definition) is 1. The van der Waals surface area contributed by atoms with Crippen LogP contribution in [-0.2, 0) is 13.2 Å². The van der Waals surface area contributed by atoms with Crippen LogP contribution in [0.5, 0.6) is 0 Å². The van der Waals surface area contributed by atoms with Crippen molar-refractivity contribution in [3.05, 3.63) is 39.3 Å². The fourth-order valence-electron chi connectivity index (χ4n) is 4.10. The molecule has 3 aromatic rings. The van der Waals surface area contributed by atoms with E-state index in [0.717, 1.165) is 0 Å². The molecule has 0 unspecified atom stereocenters. The normalized spacial score (nSPS) is 16.5. The quantitative estimate of drug-likeness (QED) is 0.569. The van der Waals surface area contributed by atoms with Crippen molar-refractivity contribution in [2.45, 2.75) is 45.2 Å². The van der Waals surface area contributed by atoms with Crippen LogP contribution < -0.4 is 10.3 Å². The molecular weight excluding hydrogens is 461 g/mol. The van der Waals surface area contributed by atoms with Crippen LogP contribution in [0.4, 0.5) is 27.8 Å². The third-order valence-electron chi connectivity index (χ3n) is 5.72. The molecule has 1 saturated heterocycles. The predicted octanol–water partition coefficient (Wildman–Crippen LogP) is 3.89. The highest BCUT2D eigenvalue weighted by Gasteiger charge is 2.37. The number of aromatic amines is 1. The van der Waals surface area contributed by atoms with Crippen LogP contribution in [0.15, 0.2) is 16.9 Å². The summed E-state index contributed by atoms with van der Waals surface area (Å²) in [5, 5.41) is 11.6. The van der Waals surface area contributed by atoms with Crippen LogP contribution >= 0.6 is 0 Å². The van der Waals surface area contributed by atoms with Gasteiger partial charge in [-0.3, -0.25) is 4.79 Å². The molecule has 1 N–H and O–H groups in total. The van der Waals surface area contributed by atoms with Gasteiger partial charge in [0, 0.05) is 43.3 Å². The van der Waals surface area contributed by atoms with E-state index in [1.165, 1.54) is 28.8 Å². The van der Waals surface area contributed by atoms with E-state index >= 15 is 0 Å². The van der Waals surface area contributed by atoms with Crippen LogP contribution in [0.1, 0.15) is 36.2 Å². The Morgan fingerprint density at radius 2 is 1.85 bits per heavy atom. The molecule has 0 aliphatic carbocycles. The van der Waals surface area contributed by atoms with Gasteiger partial charge < -0.3 is 9.88 Å².